The molecule has 2 nitrogen and oxygen atoms in total. The van der Waals surface area contributed by atoms with Gasteiger partial charge in [0.25, 0.3) is 0 Å². The summed E-state index contributed by atoms with van der Waals surface area (Å²) in [4.78, 5) is 4.03. The maximum Gasteiger partial charge on any atom is 0.388 e. The van der Waals surface area contributed by atoms with E-state index in [1.807, 2.05) is 6.07 Å². The van der Waals surface area contributed by atoms with Crippen LogP contribution in [-0.2, 0) is 0 Å². The molecule has 0 unspecified atom stereocenters. The molecule has 3 rings (SSSR count). The van der Waals surface area contributed by atoms with Crippen molar-refractivity contribution in [2.24, 2.45) is 17.8 Å². The Bertz CT molecular complexity index is 517. The maximum atomic E-state index is 12.2. The van der Waals surface area contributed by atoms with Gasteiger partial charge in [0.15, 0.2) is 0 Å². The van der Waals surface area contributed by atoms with Crippen LogP contribution in [0.2, 0.25) is 0 Å². The van der Waals surface area contributed by atoms with E-state index < -0.39 is 6.61 Å². The van der Waals surface area contributed by atoms with E-state index in [4.69, 9.17) is 0 Å². The lowest BCUT2D eigenvalue weighted by molar-refractivity contribution is -0.0528. The van der Waals surface area contributed by atoms with Crippen molar-refractivity contribution in [2.75, 3.05) is 0 Å². The summed E-state index contributed by atoms with van der Waals surface area (Å²) in [5.41, 5.74) is 1.17. The lowest BCUT2D eigenvalue weighted by Crippen LogP contribution is -2.25. The molecule has 26 heavy (non-hydrogen) atoms. The summed E-state index contributed by atoms with van der Waals surface area (Å²) in [6.45, 7) is -0.514. The number of unbranched alkanes of at least 4 members (excludes halogenated alkanes) is 1. The summed E-state index contributed by atoms with van der Waals surface area (Å²) in [5, 5.41) is 0. The summed E-state index contributed by atoms with van der Waals surface area (Å²) in [5.74, 6) is 3.36. The first-order chi connectivity index (χ1) is 12.7. The van der Waals surface area contributed by atoms with Gasteiger partial charge in [0.1, 0.15) is 0 Å². The number of hydrogen-bond donors (Lipinski definition) is 0. The predicted octanol–water partition coefficient (Wildman–Crippen LogP) is 6.95. The standard InChI is InChI=1S/C22H33F2NO/c1-2-3-4-16-5-7-17(8-6-16)18-9-11-19(12-10-18)20-13-14-21(25-15-20)26-22(23)24/h13-19,22H,2-12H2,1H3. The molecule has 2 saturated carbocycles. The Hall–Kier alpha value is -1.19. The summed E-state index contributed by atoms with van der Waals surface area (Å²) in [7, 11) is 0. The fourth-order valence-electron chi connectivity index (χ4n) is 5.16. The van der Waals surface area contributed by atoms with Crippen molar-refractivity contribution in [1.82, 2.24) is 4.98 Å². The van der Waals surface area contributed by atoms with Crippen molar-refractivity contribution >= 4 is 0 Å². The van der Waals surface area contributed by atoms with Gasteiger partial charge < -0.3 is 4.74 Å². The summed E-state index contributed by atoms with van der Waals surface area (Å²) < 4.78 is 28.8. The Morgan fingerprint density at radius 2 is 1.65 bits per heavy atom. The van der Waals surface area contributed by atoms with Crippen molar-refractivity contribution in [3.63, 3.8) is 0 Å². The van der Waals surface area contributed by atoms with E-state index in [0.29, 0.717) is 5.92 Å². The molecule has 2 fully saturated rings. The molecular weight excluding hydrogens is 332 g/mol. The average molecular weight is 366 g/mol. The largest absolute Gasteiger partial charge is 0.417 e. The lowest BCUT2D eigenvalue weighted by atomic mass is 9.68. The number of halogens is 2. The second-order valence-electron chi connectivity index (χ2n) is 8.34. The van der Waals surface area contributed by atoms with E-state index in [9.17, 15) is 8.78 Å². The number of ether oxygens (including phenoxy) is 1. The molecule has 0 amide bonds. The van der Waals surface area contributed by atoms with Gasteiger partial charge in [-0.05, 0) is 67.8 Å². The van der Waals surface area contributed by atoms with Crippen LogP contribution >= 0.6 is 0 Å². The Morgan fingerprint density at radius 1 is 1.00 bits per heavy atom. The minimum atomic E-state index is -2.80. The second-order valence-corrected chi connectivity index (χ2v) is 8.34. The van der Waals surface area contributed by atoms with Gasteiger partial charge in [0, 0.05) is 12.3 Å². The quantitative estimate of drug-likeness (QED) is 0.521. The number of rotatable bonds is 7. The third-order valence-electron chi connectivity index (χ3n) is 6.74. The first kappa shape index (κ1) is 19.6. The van der Waals surface area contributed by atoms with Crippen LogP contribution in [0.3, 0.4) is 0 Å². The molecule has 0 radical (unpaired) electrons. The van der Waals surface area contributed by atoms with E-state index in [0.717, 1.165) is 17.8 Å². The zero-order valence-electron chi connectivity index (χ0n) is 16.0. The molecule has 0 spiro atoms. The van der Waals surface area contributed by atoms with E-state index in [1.165, 1.54) is 76.2 Å². The molecule has 4 heteroatoms. The van der Waals surface area contributed by atoms with Crippen LogP contribution in [0, 0.1) is 17.8 Å². The van der Waals surface area contributed by atoms with Gasteiger partial charge in [-0.3, -0.25) is 0 Å². The minimum absolute atomic E-state index is 0.0114. The number of hydrogen-bond acceptors (Lipinski definition) is 2. The topological polar surface area (TPSA) is 22.1 Å². The summed E-state index contributed by atoms with van der Waals surface area (Å²) in [6.07, 6.45) is 16.7. The highest BCUT2D eigenvalue weighted by Crippen LogP contribution is 2.44. The van der Waals surface area contributed by atoms with Gasteiger partial charge in [-0.15, -0.1) is 0 Å². The van der Waals surface area contributed by atoms with Crippen molar-refractivity contribution in [3.05, 3.63) is 23.9 Å². The Balaban J connectivity index is 1.43. The number of nitrogens with zero attached hydrogens (tertiary/aromatic N) is 1. The number of pyridine rings is 1. The van der Waals surface area contributed by atoms with Crippen LogP contribution in [-0.4, -0.2) is 11.6 Å². The fraction of sp³-hybridized carbons (Fsp3) is 0.773. The zero-order chi connectivity index (χ0) is 18.4. The molecular formula is C22H33F2NO. The first-order valence-corrected chi connectivity index (χ1v) is 10.6. The van der Waals surface area contributed by atoms with Crippen LogP contribution in [0.5, 0.6) is 5.88 Å². The molecule has 0 aromatic carbocycles. The Morgan fingerprint density at radius 3 is 2.19 bits per heavy atom. The minimum Gasteiger partial charge on any atom is -0.417 e. The van der Waals surface area contributed by atoms with E-state index in [2.05, 4.69) is 16.6 Å². The molecule has 1 aromatic rings. The first-order valence-electron chi connectivity index (χ1n) is 10.6. The molecule has 0 N–H and O–H groups in total. The number of alkyl halides is 2. The highest BCUT2D eigenvalue weighted by molar-refractivity contribution is 5.21. The van der Waals surface area contributed by atoms with Gasteiger partial charge in [-0.2, -0.15) is 8.78 Å². The smallest absolute Gasteiger partial charge is 0.388 e. The average Bonchev–Trinajstić information content (AvgIpc) is 2.67. The SMILES string of the molecule is CCCCC1CCC(C2CCC(c3ccc(OC(F)F)nc3)CC2)CC1. The Kier molecular flexibility index (Phi) is 7.27. The molecule has 2 aliphatic carbocycles. The van der Waals surface area contributed by atoms with E-state index in [-0.39, 0.29) is 5.88 Å². The normalized spacial score (nSPS) is 29.7. The molecule has 0 saturated heterocycles. The van der Waals surface area contributed by atoms with E-state index in [1.54, 1.807) is 12.3 Å². The van der Waals surface area contributed by atoms with E-state index >= 15 is 0 Å². The van der Waals surface area contributed by atoms with Gasteiger partial charge in [-0.25, -0.2) is 4.98 Å². The van der Waals surface area contributed by atoms with Crippen LogP contribution < -0.4 is 4.74 Å². The molecule has 0 atom stereocenters. The van der Waals surface area contributed by atoms with Crippen LogP contribution in [0.4, 0.5) is 8.78 Å². The molecule has 0 aliphatic heterocycles. The van der Waals surface area contributed by atoms with Crippen LogP contribution in [0.15, 0.2) is 18.3 Å². The van der Waals surface area contributed by atoms with Crippen molar-refractivity contribution in [2.45, 2.75) is 90.1 Å². The van der Waals surface area contributed by atoms with Crippen LogP contribution in [0.1, 0.15) is 89.0 Å². The third-order valence-corrected chi connectivity index (χ3v) is 6.74. The van der Waals surface area contributed by atoms with Crippen molar-refractivity contribution in [1.29, 1.82) is 0 Å². The van der Waals surface area contributed by atoms with Crippen molar-refractivity contribution < 1.29 is 13.5 Å². The van der Waals surface area contributed by atoms with Gasteiger partial charge >= 0.3 is 6.61 Å². The predicted molar refractivity (Wildman–Crippen MR) is 101 cm³/mol. The van der Waals surface area contributed by atoms with Gasteiger partial charge in [0.2, 0.25) is 5.88 Å². The van der Waals surface area contributed by atoms with Crippen molar-refractivity contribution in [3.8, 4) is 5.88 Å². The van der Waals surface area contributed by atoms with Crippen LogP contribution in [0.25, 0.3) is 0 Å². The van der Waals surface area contributed by atoms with Gasteiger partial charge in [0.05, 0.1) is 0 Å². The fourth-order valence-corrected chi connectivity index (χ4v) is 5.16. The highest BCUT2D eigenvalue weighted by Gasteiger charge is 2.31. The highest BCUT2D eigenvalue weighted by atomic mass is 19.3. The summed E-state index contributed by atoms with van der Waals surface area (Å²) >= 11 is 0. The Labute approximate surface area is 156 Å². The summed E-state index contributed by atoms with van der Waals surface area (Å²) in [6, 6.07) is 3.49. The maximum absolute atomic E-state index is 12.2. The molecule has 146 valence electrons. The zero-order valence-corrected chi connectivity index (χ0v) is 16.0. The molecule has 0 bridgehead atoms. The van der Waals surface area contributed by atoms with Gasteiger partial charge in [-0.1, -0.05) is 45.1 Å². The molecule has 1 aromatic heterocycles. The third kappa shape index (κ3) is 5.40. The lowest BCUT2D eigenvalue weighted by Gasteiger charge is -2.38. The monoisotopic (exact) mass is 365 g/mol. The number of aromatic nitrogens is 1. The molecule has 2 aliphatic rings. The second kappa shape index (κ2) is 9.66. The molecule has 1 heterocycles.